The second-order valence-corrected chi connectivity index (χ2v) is 7.93. The molecule has 0 atom stereocenters. The van der Waals surface area contributed by atoms with Gasteiger partial charge >= 0.3 is 0 Å². The third kappa shape index (κ3) is 3.84. The SMILES string of the molecule is Cc1cnc(-c2nc(Nc3ccc(C)c(-c4cc5cnc(C)cc5n(C)c4=O)c3)no2)cn1. The number of nitrogens with zero attached hydrogens (tertiary/aromatic N) is 6. The van der Waals surface area contributed by atoms with Crippen LogP contribution in [0.25, 0.3) is 33.6 Å². The van der Waals surface area contributed by atoms with Crippen LogP contribution in [0.4, 0.5) is 11.6 Å². The lowest BCUT2D eigenvalue weighted by Gasteiger charge is -2.12. The van der Waals surface area contributed by atoms with Gasteiger partial charge in [0.15, 0.2) is 0 Å². The number of hydrogen-bond donors (Lipinski definition) is 1. The Bertz CT molecular complexity index is 1550. The lowest BCUT2D eigenvalue weighted by molar-refractivity contribution is 0.431. The summed E-state index contributed by atoms with van der Waals surface area (Å²) in [5.74, 6) is 0.553. The first-order valence-electron chi connectivity index (χ1n) is 10.4. The van der Waals surface area contributed by atoms with Crippen molar-refractivity contribution < 1.29 is 4.52 Å². The smallest absolute Gasteiger partial charge is 0.279 e. The summed E-state index contributed by atoms with van der Waals surface area (Å²) in [5, 5.41) is 8.01. The van der Waals surface area contributed by atoms with E-state index in [0.29, 0.717) is 11.3 Å². The van der Waals surface area contributed by atoms with E-state index in [1.165, 1.54) is 0 Å². The molecule has 0 aliphatic heterocycles. The maximum Gasteiger partial charge on any atom is 0.279 e. The van der Waals surface area contributed by atoms with E-state index < -0.39 is 0 Å². The Labute approximate surface area is 189 Å². The summed E-state index contributed by atoms with van der Waals surface area (Å²) in [7, 11) is 1.78. The zero-order valence-corrected chi connectivity index (χ0v) is 18.6. The molecule has 0 aliphatic rings. The van der Waals surface area contributed by atoms with E-state index in [1.807, 2.05) is 51.1 Å². The highest BCUT2D eigenvalue weighted by Crippen LogP contribution is 2.28. The Morgan fingerprint density at radius 3 is 2.52 bits per heavy atom. The van der Waals surface area contributed by atoms with Gasteiger partial charge in [0.1, 0.15) is 5.69 Å². The first-order chi connectivity index (χ1) is 15.9. The van der Waals surface area contributed by atoms with Crippen LogP contribution in [0.3, 0.4) is 0 Å². The normalized spacial score (nSPS) is 11.2. The van der Waals surface area contributed by atoms with Crippen molar-refractivity contribution in [1.82, 2.24) is 29.7 Å². The van der Waals surface area contributed by atoms with Crippen molar-refractivity contribution >= 4 is 22.5 Å². The molecule has 9 nitrogen and oxygen atoms in total. The molecule has 33 heavy (non-hydrogen) atoms. The van der Waals surface area contributed by atoms with Gasteiger partial charge in [0, 0.05) is 41.8 Å². The first kappa shape index (κ1) is 20.5. The van der Waals surface area contributed by atoms with Crippen LogP contribution >= 0.6 is 0 Å². The van der Waals surface area contributed by atoms with Crippen molar-refractivity contribution in [3.05, 3.63) is 76.2 Å². The largest absolute Gasteiger partial charge is 0.330 e. The molecular formula is C24H21N7O2. The second kappa shape index (κ2) is 7.94. The summed E-state index contributed by atoms with van der Waals surface area (Å²) in [4.78, 5) is 30.3. The predicted molar refractivity (Wildman–Crippen MR) is 125 cm³/mol. The molecule has 0 unspecified atom stereocenters. The molecule has 1 aromatic carbocycles. The molecule has 5 rings (SSSR count). The summed E-state index contributed by atoms with van der Waals surface area (Å²) in [5.41, 5.74) is 6.04. The standard InChI is InChI=1S/C24H21N7O2/c1-13-5-6-17(28-24-29-22(33-30-24)20-12-26-15(3)10-27-20)9-18(13)19-8-16-11-25-14(2)7-21(16)31(4)23(19)32/h5-12H,1-4H3,(H,28,30). The number of aryl methyl sites for hydroxylation is 4. The van der Waals surface area contributed by atoms with Crippen LogP contribution in [0.1, 0.15) is 17.0 Å². The van der Waals surface area contributed by atoms with Crippen LogP contribution in [0.5, 0.6) is 0 Å². The molecule has 0 radical (unpaired) electrons. The van der Waals surface area contributed by atoms with E-state index >= 15 is 0 Å². The van der Waals surface area contributed by atoms with E-state index in [9.17, 15) is 4.79 Å². The van der Waals surface area contributed by atoms with Crippen LogP contribution < -0.4 is 10.9 Å². The highest BCUT2D eigenvalue weighted by atomic mass is 16.5. The van der Waals surface area contributed by atoms with E-state index in [2.05, 4.69) is 30.4 Å². The van der Waals surface area contributed by atoms with Crippen molar-refractivity contribution in [3.63, 3.8) is 0 Å². The molecule has 5 aromatic rings. The molecule has 0 aliphatic carbocycles. The van der Waals surface area contributed by atoms with E-state index in [4.69, 9.17) is 4.52 Å². The predicted octanol–water partition coefficient (Wildman–Crippen LogP) is 4.11. The van der Waals surface area contributed by atoms with Crippen LogP contribution in [0.2, 0.25) is 0 Å². The molecule has 4 aromatic heterocycles. The highest BCUT2D eigenvalue weighted by molar-refractivity contribution is 5.85. The Morgan fingerprint density at radius 2 is 1.73 bits per heavy atom. The number of benzene rings is 1. The molecule has 4 heterocycles. The Hall–Kier alpha value is -4.40. The molecule has 164 valence electrons. The van der Waals surface area contributed by atoms with Gasteiger partial charge in [0.05, 0.1) is 17.4 Å². The summed E-state index contributed by atoms with van der Waals surface area (Å²) in [6.07, 6.45) is 5.02. The van der Waals surface area contributed by atoms with Gasteiger partial charge in [0.2, 0.25) is 0 Å². The lowest BCUT2D eigenvalue weighted by atomic mass is 9.99. The number of rotatable bonds is 4. The van der Waals surface area contributed by atoms with E-state index in [0.717, 1.165) is 39.1 Å². The number of hydrogen-bond acceptors (Lipinski definition) is 8. The second-order valence-electron chi connectivity index (χ2n) is 7.93. The molecule has 0 bridgehead atoms. The van der Waals surface area contributed by atoms with Gasteiger partial charge in [-0.25, -0.2) is 4.98 Å². The van der Waals surface area contributed by atoms with Crippen LogP contribution in [-0.4, -0.2) is 29.7 Å². The third-order valence-electron chi connectivity index (χ3n) is 5.45. The van der Waals surface area contributed by atoms with Gasteiger partial charge in [-0.15, -0.1) is 0 Å². The van der Waals surface area contributed by atoms with Crippen molar-refractivity contribution in [2.24, 2.45) is 7.05 Å². The summed E-state index contributed by atoms with van der Waals surface area (Å²) >= 11 is 0. The zero-order valence-electron chi connectivity index (χ0n) is 18.6. The van der Waals surface area contributed by atoms with Gasteiger partial charge in [-0.2, -0.15) is 4.98 Å². The topological polar surface area (TPSA) is 112 Å². The number of fused-ring (bicyclic) bond motifs is 1. The number of anilines is 2. The summed E-state index contributed by atoms with van der Waals surface area (Å²) in [6.45, 7) is 5.73. The van der Waals surface area contributed by atoms with Gasteiger partial charge in [-0.05, 0) is 61.3 Å². The fraction of sp³-hybridized carbons (Fsp3) is 0.167. The minimum Gasteiger partial charge on any atom is -0.330 e. The van der Waals surface area contributed by atoms with Crippen LogP contribution in [0, 0.1) is 20.8 Å². The summed E-state index contributed by atoms with van der Waals surface area (Å²) < 4.78 is 6.97. The van der Waals surface area contributed by atoms with Gasteiger partial charge in [-0.1, -0.05) is 6.07 Å². The van der Waals surface area contributed by atoms with Crippen molar-refractivity contribution in [3.8, 4) is 22.7 Å². The quantitative estimate of drug-likeness (QED) is 0.445. The van der Waals surface area contributed by atoms with Crippen LogP contribution in [0.15, 0.2) is 58.2 Å². The average molecular weight is 439 g/mol. The fourth-order valence-corrected chi connectivity index (χ4v) is 3.66. The number of pyridine rings is 2. The molecule has 0 spiro atoms. The molecular weight excluding hydrogens is 418 g/mol. The monoisotopic (exact) mass is 439 g/mol. The molecule has 0 saturated carbocycles. The molecule has 0 fully saturated rings. The highest BCUT2D eigenvalue weighted by Gasteiger charge is 2.14. The lowest BCUT2D eigenvalue weighted by Crippen LogP contribution is -2.19. The molecule has 0 saturated heterocycles. The average Bonchev–Trinajstić information content (AvgIpc) is 3.27. The number of nitrogens with one attached hydrogen (secondary N) is 1. The van der Waals surface area contributed by atoms with Crippen molar-refractivity contribution in [2.75, 3.05) is 5.32 Å². The van der Waals surface area contributed by atoms with Crippen molar-refractivity contribution in [2.45, 2.75) is 20.8 Å². The molecule has 9 heteroatoms. The molecule has 0 amide bonds. The maximum atomic E-state index is 13.2. The minimum absolute atomic E-state index is 0.0758. The van der Waals surface area contributed by atoms with Crippen LogP contribution in [-0.2, 0) is 7.05 Å². The maximum absolute atomic E-state index is 13.2. The third-order valence-corrected chi connectivity index (χ3v) is 5.45. The van der Waals surface area contributed by atoms with E-state index in [-0.39, 0.29) is 17.4 Å². The minimum atomic E-state index is -0.0758. The summed E-state index contributed by atoms with van der Waals surface area (Å²) in [6, 6.07) is 9.55. The number of aromatic nitrogens is 6. The fourth-order valence-electron chi connectivity index (χ4n) is 3.66. The van der Waals surface area contributed by atoms with E-state index in [1.54, 1.807) is 30.2 Å². The van der Waals surface area contributed by atoms with Gasteiger partial charge in [-0.3, -0.25) is 14.8 Å². The first-order valence-corrected chi connectivity index (χ1v) is 10.4. The Balaban J connectivity index is 1.51. The Kier molecular flexibility index (Phi) is 4.93. The van der Waals surface area contributed by atoms with Gasteiger partial charge < -0.3 is 14.4 Å². The van der Waals surface area contributed by atoms with Crippen molar-refractivity contribution in [1.29, 1.82) is 0 Å². The zero-order chi connectivity index (χ0) is 23.1. The molecule has 1 N–H and O–H groups in total. The Morgan fingerprint density at radius 1 is 0.909 bits per heavy atom. The van der Waals surface area contributed by atoms with Gasteiger partial charge in [0.25, 0.3) is 17.4 Å².